The molecule has 0 saturated carbocycles. The summed E-state index contributed by atoms with van der Waals surface area (Å²) in [6.45, 7) is 0. The molecular weight excluding hydrogens is 113 g/mol. The van der Waals surface area contributed by atoms with Crippen molar-refractivity contribution >= 4 is 14.7 Å². The van der Waals surface area contributed by atoms with E-state index in [1.807, 2.05) is 0 Å². The van der Waals surface area contributed by atoms with Crippen LogP contribution in [-0.2, 0) is 0 Å². The van der Waals surface area contributed by atoms with Crippen LogP contribution in [0.25, 0.3) is 0 Å². The highest BCUT2D eigenvalue weighted by atomic mass is 31.0. The molecule has 1 aromatic rings. The van der Waals surface area contributed by atoms with Gasteiger partial charge in [0.15, 0.2) is 0 Å². The molecule has 38 valence electrons. The Balaban J connectivity index is 3.04. The molecule has 0 aromatic carbocycles. The van der Waals surface area contributed by atoms with Gasteiger partial charge in [-0.1, -0.05) is 14.5 Å². The van der Waals surface area contributed by atoms with E-state index in [0.29, 0.717) is 10.3 Å². The molecule has 0 spiro atoms. The van der Waals surface area contributed by atoms with Gasteiger partial charge in [-0.05, 0) is 0 Å². The first-order valence-corrected chi connectivity index (χ1v) is 2.22. The maximum Gasteiger partial charge on any atom is 0.0986 e. The van der Waals surface area contributed by atoms with Gasteiger partial charge in [0.1, 0.15) is 0 Å². The molecule has 1 aromatic heterocycles. The Morgan fingerprint density at radius 3 is 2.71 bits per heavy atom. The lowest BCUT2D eigenvalue weighted by Gasteiger charge is -1.95. The van der Waals surface area contributed by atoms with Crippen LogP contribution in [0.5, 0.6) is 0 Å². The first-order valence-electron chi connectivity index (χ1n) is 1.64. The normalized spacial score (nSPS) is 9.29. The van der Waals surface area contributed by atoms with E-state index in [1.54, 1.807) is 0 Å². The first-order chi connectivity index (χ1) is 3.29. The second-order valence-electron chi connectivity index (χ2n) is 1.05. The maximum atomic E-state index is 10.0. The largest absolute Gasteiger partial charge is 0.789 e. The van der Waals surface area contributed by atoms with Gasteiger partial charge in [-0.15, -0.1) is 5.10 Å². The second kappa shape index (κ2) is 1.46. The van der Waals surface area contributed by atoms with Gasteiger partial charge < -0.3 is 5.21 Å². The van der Waals surface area contributed by atoms with Crippen molar-refractivity contribution < 1.29 is 0 Å². The zero-order chi connectivity index (χ0) is 5.28. The van der Waals surface area contributed by atoms with Crippen molar-refractivity contribution in [3.63, 3.8) is 0 Å². The molecule has 0 aliphatic rings. The highest BCUT2D eigenvalue weighted by molar-refractivity contribution is 7.26. The Hall–Kier alpha value is -0.630. The summed E-state index contributed by atoms with van der Waals surface area (Å²) in [5.41, 5.74) is 0.565. The fraction of sp³-hybridized carbons (Fsp3) is 0. The Morgan fingerprint density at radius 2 is 2.57 bits per heavy atom. The molecule has 7 heavy (non-hydrogen) atoms. The fourth-order valence-electron chi connectivity index (χ4n) is 0.261. The van der Waals surface area contributed by atoms with Gasteiger partial charge in [0.2, 0.25) is 0 Å². The van der Waals surface area contributed by atoms with Crippen molar-refractivity contribution in [2.45, 2.75) is 0 Å². The Morgan fingerprint density at radius 1 is 1.86 bits per heavy atom. The average molecular weight is 116 g/mol. The van der Waals surface area contributed by atoms with Crippen molar-refractivity contribution in [3.8, 4) is 0 Å². The molecule has 1 heterocycles. The lowest BCUT2D eigenvalue weighted by atomic mass is 10.9. The van der Waals surface area contributed by atoms with Crippen LogP contribution in [0, 0.1) is 5.21 Å². The van der Waals surface area contributed by atoms with Crippen molar-refractivity contribution in [1.29, 1.82) is 0 Å². The Labute approximate surface area is 42.3 Å². The number of hydrogen-bond donors (Lipinski definition) is 0. The van der Waals surface area contributed by atoms with Crippen LogP contribution in [0.1, 0.15) is 0 Å². The van der Waals surface area contributed by atoms with Gasteiger partial charge in [-0.25, -0.2) is 0 Å². The molecule has 4 nitrogen and oxygen atoms in total. The molecule has 0 N–H and O–H groups in total. The molecule has 5 heteroatoms. The second-order valence-corrected chi connectivity index (χ2v) is 1.64. The van der Waals surface area contributed by atoms with Crippen molar-refractivity contribution in [3.05, 3.63) is 11.4 Å². The number of aromatic nitrogens is 3. The first kappa shape index (κ1) is 4.53. The average Bonchev–Trinajstić information content (AvgIpc) is 1.87. The van der Waals surface area contributed by atoms with Gasteiger partial charge in [0.25, 0.3) is 0 Å². The van der Waals surface area contributed by atoms with Gasteiger partial charge in [-0.2, -0.15) is 0 Å². The van der Waals surface area contributed by atoms with Crippen molar-refractivity contribution in [2.24, 2.45) is 0 Å². The third kappa shape index (κ3) is 0.871. The smallest absolute Gasteiger partial charge is 0.0986 e. The summed E-state index contributed by atoms with van der Waals surface area (Å²) in [5.74, 6) is 0. The lowest BCUT2D eigenvalue weighted by molar-refractivity contribution is 0.809. The van der Waals surface area contributed by atoms with E-state index in [0.717, 1.165) is 0 Å². The molecule has 0 radical (unpaired) electrons. The molecule has 1 rings (SSSR count). The molecule has 0 aliphatic carbocycles. The van der Waals surface area contributed by atoms with Gasteiger partial charge in [0, 0.05) is 6.20 Å². The van der Waals surface area contributed by atoms with Crippen LogP contribution in [0.4, 0.5) is 0 Å². The summed E-state index contributed by atoms with van der Waals surface area (Å²) in [7, 11) is 2.26. The van der Waals surface area contributed by atoms with Crippen LogP contribution in [0.3, 0.4) is 0 Å². The van der Waals surface area contributed by atoms with Crippen molar-refractivity contribution in [2.75, 3.05) is 0 Å². The molecule has 0 saturated heterocycles. The van der Waals surface area contributed by atoms with E-state index in [2.05, 4.69) is 19.6 Å². The third-order valence-electron chi connectivity index (χ3n) is 0.491. The summed E-state index contributed by atoms with van der Waals surface area (Å²) < 4.78 is 0. The summed E-state index contributed by atoms with van der Waals surface area (Å²) in [5, 5.41) is 16.5. The topological polar surface area (TPSA) is 53.8 Å². The minimum absolute atomic E-state index is 0.405. The summed E-state index contributed by atoms with van der Waals surface area (Å²) >= 11 is 0. The van der Waals surface area contributed by atoms with Gasteiger partial charge in [0.05, 0.1) is 5.44 Å². The third-order valence-corrected chi connectivity index (χ3v) is 0.756. The SMILES string of the molecule is [O-]n1cc(P)nn1. The van der Waals surface area contributed by atoms with Gasteiger partial charge in [-0.3, -0.25) is 4.85 Å². The molecular formula is C2H3N3OP-. The lowest BCUT2D eigenvalue weighted by Crippen LogP contribution is -1.85. The standard InChI is InChI=1S/C2H3N3OP/c6-5-1-2(7)3-4-5/h1H,7H2/q-1. The number of rotatable bonds is 0. The van der Waals surface area contributed by atoms with Crippen LogP contribution in [0.2, 0.25) is 0 Å². The highest BCUT2D eigenvalue weighted by Gasteiger charge is 1.80. The fourth-order valence-corrected chi connectivity index (χ4v) is 0.440. The highest BCUT2D eigenvalue weighted by Crippen LogP contribution is 1.77. The van der Waals surface area contributed by atoms with E-state index in [4.69, 9.17) is 0 Å². The minimum atomic E-state index is 0.405. The van der Waals surface area contributed by atoms with Crippen LogP contribution < -0.4 is 5.44 Å². The van der Waals surface area contributed by atoms with E-state index in [-0.39, 0.29) is 0 Å². The molecule has 0 aliphatic heterocycles. The Bertz CT molecular complexity index is 145. The number of nitrogens with zero attached hydrogens (tertiary/aromatic N) is 3. The van der Waals surface area contributed by atoms with E-state index < -0.39 is 0 Å². The van der Waals surface area contributed by atoms with Crippen molar-refractivity contribution in [1.82, 2.24) is 15.2 Å². The zero-order valence-electron chi connectivity index (χ0n) is 3.40. The van der Waals surface area contributed by atoms with E-state index >= 15 is 0 Å². The van der Waals surface area contributed by atoms with Crippen LogP contribution >= 0.6 is 9.24 Å². The predicted molar refractivity (Wildman–Crippen MR) is 28.1 cm³/mol. The summed E-state index contributed by atoms with van der Waals surface area (Å²) in [6, 6.07) is 0. The Kier molecular flexibility index (Phi) is 0.947. The monoisotopic (exact) mass is 116 g/mol. The minimum Gasteiger partial charge on any atom is -0.789 e. The predicted octanol–water partition coefficient (Wildman–Crippen LogP) is -0.876. The molecule has 0 bridgehead atoms. The van der Waals surface area contributed by atoms with Gasteiger partial charge >= 0.3 is 0 Å². The van der Waals surface area contributed by atoms with E-state index in [1.165, 1.54) is 6.20 Å². The van der Waals surface area contributed by atoms with Crippen LogP contribution in [-0.4, -0.2) is 15.2 Å². The molecule has 1 atom stereocenters. The number of hydrogen-bond acceptors (Lipinski definition) is 3. The molecule has 0 fully saturated rings. The molecule has 1 unspecified atom stereocenters. The van der Waals surface area contributed by atoms with E-state index in [9.17, 15) is 5.21 Å². The summed E-state index contributed by atoms with van der Waals surface area (Å²) in [4.78, 5) is 0.405. The zero-order valence-corrected chi connectivity index (χ0v) is 4.56. The quantitative estimate of drug-likeness (QED) is 0.414. The summed E-state index contributed by atoms with van der Waals surface area (Å²) in [6.07, 6.45) is 1.27. The maximum absolute atomic E-state index is 10.0. The van der Waals surface area contributed by atoms with Crippen LogP contribution in [0.15, 0.2) is 6.20 Å². The molecule has 0 amide bonds.